The van der Waals surface area contributed by atoms with Crippen LogP contribution in [0.1, 0.15) is 25.1 Å². The summed E-state index contributed by atoms with van der Waals surface area (Å²) in [6, 6.07) is 5.79. The second-order valence-electron chi connectivity index (χ2n) is 5.50. The molecule has 0 bridgehead atoms. The van der Waals surface area contributed by atoms with E-state index >= 15 is 0 Å². The van der Waals surface area contributed by atoms with Crippen LogP contribution >= 0.6 is 0 Å². The summed E-state index contributed by atoms with van der Waals surface area (Å²) in [5.41, 5.74) is 1.06. The van der Waals surface area contributed by atoms with Crippen molar-refractivity contribution in [3.8, 4) is 6.07 Å². The van der Waals surface area contributed by atoms with Crippen molar-refractivity contribution in [2.45, 2.75) is 32.5 Å². The first-order valence-corrected chi connectivity index (χ1v) is 6.36. The number of aliphatic hydroxyl groups excluding tert-OH is 1. The number of hydrogen-bond donors (Lipinski definition) is 1. The number of nitriles is 1. The van der Waals surface area contributed by atoms with E-state index in [4.69, 9.17) is 4.74 Å². The quantitative estimate of drug-likeness (QED) is 0.867. The van der Waals surface area contributed by atoms with Crippen molar-refractivity contribution in [2.75, 3.05) is 24.6 Å². The van der Waals surface area contributed by atoms with E-state index in [1.165, 1.54) is 0 Å². The van der Waals surface area contributed by atoms with Crippen molar-refractivity contribution in [3.63, 3.8) is 0 Å². The lowest BCUT2D eigenvalue weighted by Crippen LogP contribution is -2.54. The van der Waals surface area contributed by atoms with Crippen molar-refractivity contribution < 1.29 is 9.84 Å². The maximum absolute atomic E-state index is 9.33. The van der Waals surface area contributed by atoms with Crippen LogP contribution in [0.15, 0.2) is 12.1 Å². The summed E-state index contributed by atoms with van der Waals surface area (Å²) in [6.07, 6.45) is -0.252. The first-order chi connectivity index (χ1) is 8.95. The monoisotopic (exact) mass is 261 g/mol. The van der Waals surface area contributed by atoms with Gasteiger partial charge in [-0.3, -0.25) is 0 Å². The minimum absolute atomic E-state index is 0.0341. The smallest absolute Gasteiger partial charge is 0.146 e. The van der Waals surface area contributed by atoms with Gasteiger partial charge in [0.2, 0.25) is 0 Å². The Balaban J connectivity index is 2.35. The number of nitrogens with zero attached hydrogens (tertiary/aromatic N) is 3. The van der Waals surface area contributed by atoms with E-state index in [1.54, 1.807) is 6.07 Å². The van der Waals surface area contributed by atoms with Crippen LogP contribution in [0, 0.1) is 18.3 Å². The molecule has 1 unspecified atom stereocenters. The fraction of sp³-hybridized carbons (Fsp3) is 0.571. The summed E-state index contributed by atoms with van der Waals surface area (Å²) < 4.78 is 5.78. The Morgan fingerprint density at radius 3 is 2.95 bits per heavy atom. The lowest BCUT2D eigenvalue weighted by molar-refractivity contribution is -0.101. The van der Waals surface area contributed by atoms with Crippen LogP contribution in [0.5, 0.6) is 0 Å². The van der Waals surface area contributed by atoms with E-state index in [0.717, 1.165) is 5.69 Å². The van der Waals surface area contributed by atoms with Crippen LogP contribution < -0.4 is 4.90 Å². The van der Waals surface area contributed by atoms with Crippen molar-refractivity contribution in [2.24, 2.45) is 0 Å². The molecule has 0 spiro atoms. The first-order valence-electron chi connectivity index (χ1n) is 6.36. The van der Waals surface area contributed by atoms with Crippen LogP contribution in [-0.2, 0) is 4.74 Å². The second kappa shape index (κ2) is 5.16. The Morgan fingerprint density at radius 2 is 2.32 bits per heavy atom. The highest BCUT2D eigenvalue weighted by atomic mass is 16.5. The van der Waals surface area contributed by atoms with Gasteiger partial charge in [-0.25, -0.2) is 4.98 Å². The second-order valence-corrected chi connectivity index (χ2v) is 5.50. The van der Waals surface area contributed by atoms with Crippen LogP contribution in [0.2, 0.25) is 0 Å². The molecule has 1 aromatic rings. The Kier molecular flexibility index (Phi) is 3.74. The molecule has 1 saturated heterocycles. The highest BCUT2D eigenvalue weighted by Gasteiger charge is 2.34. The lowest BCUT2D eigenvalue weighted by Gasteiger charge is -2.43. The minimum atomic E-state index is -0.371. The zero-order chi connectivity index (χ0) is 14.0. The molecule has 1 fully saturated rings. The number of aromatic nitrogens is 1. The number of aryl methyl sites for hydroxylation is 1. The number of ether oxygens (including phenoxy) is 1. The number of morpholine rings is 1. The van der Waals surface area contributed by atoms with E-state index in [9.17, 15) is 10.4 Å². The average molecular weight is 261 g/mol. The summed E-state index contributed by atoms with van der Waals surface area (Å²) >= 11 is 0. The third kappa shape index (κ3) is 3.03. The fourth-order valence-electron chi connectivity index (χ4n) is 2.42. The normalized spacial score (nSPS) is 22.1. The summed E-state index contributed by atoms with van der Waals surface area (Å²) in [5, 5.41) is 18.5. The topological polar surface area (TPSA) is 69.4 Å². The molecular weight excluding hydrogens is 242 g/mol. The van der Waals surface area contributed by atoms with Crippen LogP contribution in [0.4, 0.5) is 5.82 Å². The molecule has 1 aliphatic heterocycles. The molecule has 0 aliphatic carbocycles. The van der Waals surface area contributed by atoms with Crippen LogP contribution in [0.25, 0.3) is 0 Å². The molecule has 5 nitrogen and oxygen atoms in total. The van der Waals surface area contributed by atoms with Gasteiger partial charge in [0.05, 0.1) is 23.9 Å². The van der Waals surface area contributed by atoms with E-state index in [2.05, 4.69) is 11.1 Å². The van der Waals surface area contributed by atoms with E-state index in [0.29, 0.717) is 24.5 Å². The molecule has 0 aromatic carbocycles. The van der Waals surface area contributed by atoms with Gasteiger partial charge in [0.1, 0.15) is 11.9 Å². The maximum atomic E-state index is 9.33. The highest BCUT2D eigenvalue weighted by molar-refractivity contribution is 5.55. The molecule has 1 aliphatic rings. The summed E-state index contributed by atoms with van der Waals surface area (Å²) in [4.78, 5) is 6.49. The number of pyridine rings is 1. The standard InChI is InChI=1S/C14H19N3O2/c1-10-4-5-11(6-15)13(16-10)17-7-12(8-18)19-14(2,3)9-17/h4-5,12,18H,7-9H2,1-3H3. The summed E-state index contributed by atoms with van der Waals surface area (Å²) in [7, 11) is 0. The molecule has 19 heavy (non-hydrogen) atoms. The molecule has 102 valence electrons. The van der Waals surface area contributed by atoms with Gasteiger partial charge in [-0.15, -0.1) is 0 Å². The van der Waals surface area contributed by atoms with Gasteiger partial charge in [-0.05, 0) is 32.9 Å². The lowest BCUT2D eigenvalue weighted by atomic mass is 10.0. The number of hydrogen-bond acceptors (Lipinski definition) is 5. The van der Waals surface area contributed by atoms with Gasteiger partial charge in [0, 0.05) is 18.8 Å². The Hall–Kier alpha value is -1.64. The van der Waals surface area contributed by atoms with Crippen molar-refractivity contribution in [3.05, 3.63) is 23.4 Å². The van der Waals surface area contributed by atoms with Gasteiger partial charge < -0.3 is 14.7 Å². The highest BCUT2D eigenvalue weighted by Crippen LogP contribution is 2.27. The van der Waals surface area contributed by atoms with Crippen molar-refractivity contribution >= 4 is 5.82 Å². The van der Waals surface area contributed by atoms with Gasteiger partial charge in [-0.2, -0.15) is 5.26 Å². The number of aliphatic hydroxyl groups is 1. The third-order valence-electron chi connectivity index (χ3n) is 3.12. The van der Waals surface area contributed by atoms with Gasteiger partial charge >= 0.3 is 0 Å². The zero-order valence-corrected chi connectivity index (χ0v) is 11.6. The minimum Gasteiger partial charge on any atom is -0.394 e. The molecule has 2 rings (SSSR count). The predicted octanol–water partition coefficient (Wildman–Crippen LogP) is 1.24. The largest absolute Gasteiger partial charge is 0.394 e. The SMILES string of the molecule is Cc1ccc(C#N)c(N2CC(CO)OC(C)(C)C2)n1. The summed E-state index contributed by atoms with van der Waals surface area (Å²) in [6.45, 7) is 7.01. The first kappa shape index (κ1) is 13.8. The van der Waals surface area contributed by atoms with Gasteiger partial charge in [0.15, 0.2) is 0 Å². The molecule has 1 aromatic heterocycles. The molecular formula is C14H19N3O2. The predicted molar refractivity (Wildman–Crippen MR) is 71.9 cm³/mol. The Bertz CT molecular complexity index is 508. The third-order valence-corrected chi connectivity index (χ3v) is 3.12. The fourth-order valence-corrected chi connectivity index (χ4v) is 2.42. The maximum Gasteiger partial charge on any atom is 0.146 e. The van der Waals surface area contributed by atoms with E-state index < -0.39 is 0 Å². The van der Waals surface area contributed by atoms with Gasteiger partial charge in [-0.1, -0.05) is 0 Å². The zero-order valence-electron chi connectivity index (χ0n) is 11.6. The molecule has 2 heterocycles. The van der Waals surface area contributed by atoms with Crippen molar-refractivity contribution in [1.82, 2.24) is 4.98 Å². The average Bonchev–Trinajstić information content (AvgIpc) is 2.36. The Labute approximate surface area is 113 Å². The molecule has 0 radical (unpaired) electrons. The van der Waals surface area contributed by atoms with E-state index in [1.807, 2.05) is 31.7 Å². The van der Waals surface area contributed by atoms with E-state index in [-0.39, 0.29) is 18.3 Å². The molecule has 0 amide bonds. The molecule has 0 saturated carbocycles. The molecule has 1 atom stereocenters. The Morgan fingerprint density at radius 1 is 1.58 bits per heavy atom. The van der Waals surface area contributed by atoms with Crippen molar-refractivity contribution in [1.29, 1.82) is 5.26 Å². The molecule has 1 N–H and O–H groups in total. The number of anilines is 1. The number of rotatable bonds is 2. The van der Waals surface area contributed by atoms with Gasteiger partial charge in [0.25, 0.3) is 0 Å². The molecule has 5 heteroatoms. The van der Waals surface area contributed by atoms with Crippen LogP contribution in [0.3, 0.4) is 0 Å². The van der Waals surface area contributed by atoms with Crippen LogP contribution in [-0.4, -0.2) is 41.5 Å². The summed E-state index contributed by atoms with van der Waals surface area (Å²) in [5.74, 6) is 0.678.